The fraction of sp³-hybridized carbons (Fsp3) is 0.222. The summed E-state index contributed by atoms with van der Waals surface area (Å²) >= 11 is 0. The van der Waals surface area contributed by atoms with Crippen LogP contribution < -0.4 is 4.74 Å². The summed E-state index contributed by atoms with van der Waals surface area (Å²) < 4.78 is 5.84. The van der Waals surface area contributed by atoms with Crippen molar-refractivity contribution in [3.8, 4) is 11.5 Å². The molecule has 0 aliphatic heterocycles. The number of rotatable bonds is 3. The molecule has 110 valence electrons. The van der Waals surface area contributed by atoms with Gasteiger partial charge in [-0.3, -0.25) is 0 Å². The molecule has 3 rings (SSSR count). The number of phenolic OH excluding ortho intramolecular Hbond substituents is 1. The fourth-order valence-electron chi connectivity index (χ4n) is 2.63. The molecule has 0 aliphatic carbocycles. The predicted octanol–water partition coefficient (Wildman–Crippen LogP) is 5.22. The van der Waals surface area contributed by atoms with Crippen molar-refractivity contribution >= 4 is 27.2 Å². The second kappa shape index (κ2) is 5.53. The first-order valence-corrected chi connectivity index (χ1v) is 7.27. The van der Waals surface area contributed by atoms with E-state index >= 15 is 0 Å². The molecule has 4 heteroatoms. The molecule has 0 atom stereocenters. The largest absolute Gasteiger partial charge is 0.507 e. The van der Waals surface area contributed by atoms with Crippen LogP contribution in [0.4, 0.5) is 5.69 Å². The van der Waals surface area contributed by atoms with E-state index in [4.69, 9.17) is 4.74 Å². The monoisotopic (exact) mass is 293 g/mol. The Morgan fingerprint density at radius 3 is 2.41 bits per heavy atom. The van der Waals surface area contributed by atoms with E-state index in [1.165, 1.54) is 0 Å². The lowest BCUT2D eigenvalue weighted by atomic mass is 9.99. The van der Waals surface area contributed by atoms with E-state index in [0.29, 0.717) is 45.5 Å². The Hall–Kier alpha value is -2.80. The number of ether oxygens (including phenoxy) is 1. The maximum Gasteiger partial charge on any atom is 0.404 e. The lowest BCUT2D eigenvalue weighted by Gasteiger charge is -2.11. The van der Waals surface area contributed by atoms with Gasteiger partial charge in [0, 0.05) is 10.8 Å². The van der Waals surface area contributed by atoms with E-state index < -0.39 is 0 Å². The quantitative estimate of drug-likeness (QED) is 0.532. The molecule has 0 heterocycles. The van der Waals surface area contributed by atoms with E-state index in [0.717, 1.165) is 0 Å². The molecule has 0 fully saturated rings. The van der Waals surface area contributed by atoms with Crippen molar-refractivity contribution < 1.29 is 9.84 Å². The number of hydrogen-bond acceptors (Lipinski definition) is 3. The number of diazo groups is 1. The number of hydrogen-bond donors (Lipinski definition) is 1. The predicted molar refractivity (Wildman–Crippen MR) is 88.2 cm³/mol. The van der Waals surface area contributed by atoms with Crippen LogP contribution in [-0.2, 0) is 0 Å². The molecule has 1 N–H and O–H groups in total. The van der Waals surface area contributed by atoms with Crippen molar-refractivity contribution in [2.24, 2.45) is 5.92 Å². The van der Waals surface area contributed by atoms with Gasteiger partial charge in [0.05, 0.1) is 12.0 Å². The van der Waals surface area contributed by atoms with Gasteiger partial charge in [-0.1, -0.05) is 44.2 Å². The highest BCUT2D eigenvalue weighted by molar-refractivity contribution is 6.17. The SMILES string of the molecule is CC(C)COc1cccc2c(O)c3ccccc3c([N+]#N)c12. The van der Waals surface area contributed by atoms with Crippen LogP contribution in [0.2, 0.25) is 0 Å². The molecule has 22 heavy (non-hydrogen) atoms. The van der Waals surface area contributed by atoms with Crippen LogP contribution in [0.1, 0.15) is 13.8 Å². The first-order chi connectivity index (χ1) is 10.6. The van der Waals surface area contributed by atoms with E-state index in [-0.39, 0.29) is 5.75 Å². The highest BCUT2D eigenvalue weighted by atomic mass is 16.5. The van der Waals surface area contributed by atoms with Crippen molar-refractivity contribution in [3.63, 3.8) is 0 Å². The van der Waals surface area contributed by atoms with E-state index in [1.54, 1.807) is 12.1 Å². The van der Waals surface area contributed by atoms with Crippen LogP contribution in [0.15, 0.2) is 42.5 Å². The summed E-state index contributed by atoms with van der Waals surface area (Å²) in [6.45, 7) is 4.68. The third kappa shape index (κ3) is 2.21. The minimum Gasteiger partial charge on any atom is -0.507 e. The number of phenols is 1. The van der Waals surface area contributed by atoms with E-state index in [9.17, 15) is 10.5 Å². The average Bonchev–Trinajstić information content (AvgIpc) is 2.53. The van der Waals surface area contributed by atoms with Gasteiger partial charge in [-0.25, -0.2) is 0 Å². The summed E-state index contributed by atoms with van der Waals surface area (Å²) in [6.07, 6.45) is 0. The molecule has 3 aromatic rings. The first kappa shape index (κ1) is 14.2. The topological polar surface area (TPSA) is 57.6 Å². The normalized spacial score (nSPS) is 11.0. The van der Waals surface area contributed by atoms with E-state index in [2.05, 4.69) is 18.8 Å². The first-order valence-electron chi connectivity index (χ1n) is 7.27. The number of fused-ring (bicyclic) bond motifs is 2. The molecule has 0 bridgehead atoms. The number of aromatic hydroxyl groups is 1. The van der Waals surface area contributed by atoms with Crippen molar-refractivity contribution in [2.45, 2.75) is 13.8 Å². The van der Waals surface area contributed by atoms with Gasteiger partial charge < -0.3 is 9.84 Å². The Morgan fingerprint density at radius 2 is 1.73 bits per heavy atom. The molecule has 0 saturated carbocycles. The van der Waals surface area contributed by atoms with Gasteiger partial charge in [-0.05, 0) is 18.1 Å². The Labute approximate surface area is 128 Å². The number of nitrogens with zero attached hydrogens (tertiary/aromatic N) is 2. The summed E-state index contributed by atoms with van der Waals surface area (Å²) in [6, 6.07) is 12.8. The molecule has 0 aromatic heterocycles. The minimum absolute atomic E-state index is 0.174. The average molecular weight is 293 g/mol. The molecule has 0 spiro atoms. The van der Waals surface area contributed by atoms with Crippen LogP contribution in [0.5, 0.6) is 11.5 Å². The zero-order chi connectivity index (χ0) is 15.7. The molecule has 0 unspecified atom stereocenters. The van der Waals surface area contributed by atoms with Gasteiger partial charge in [0.25, 0.3) is 0 Å². The van der Waals surface area contributed by atoms with Crippen LogP contribution in [0, 0.1) is 11.3 Å². The second-order valence-electron chi connectivity index (χ2n) is 5.73. The highest BCUT2D eigenvalue weighted by Crippen LogP contribution is 2.45. The summed E-state index contributed by atoms with van der Waals surface area (Å²) in [4.78, 5) is 3.46. The summed E-state index contributed by atoms with van der Waals surface area (Å²) in [5.74, 6) is 1.16. The van der Waals surface area contributed by atoms with Gasteiger partial charge in [0.2, 0.25) is 5.39 Å². The lowest BCUT2D eigenvalue weighted by Crippen LogP contribution is -2.04. The Morgan fingerprint density at radius 1 is 1.05 bits per heavy atom. The Balaban J connectivity index is 2.39. The highest BCUT2D eigenvalue weighted by Gasteiger charge is 2.24. The molecule has 0 saturated heterocycles. The molecule has 0 aliphatic rings. The summed E-state index contributed by atoms with van der Waals surface area (Å²) in [5, 5.41) is 22.7. The Kier molecular flexibility index (Phi) is 3.56. The molecule has 0 amide bonds. The summed E-state index contributed by atoms with van der Waals surface area (Å²) in [5.41, 5.74) is 0.419. The standard InChI is InChI=1S/C18H16N2O2/c1-11(2)10-22-15-9-5-8-14-16(15)17(20-19)12-6-3-4-7-13(12)18(14)21/h3-9,11H,10H2,1-2H3/p+1. The smallest absolute Gasteiger partial charge is 0.404 e. The lowest BCUT2D eigenvalue weighted by molar-refractivity contribution is 0.274. The maximum absolute atomic E-state index is 10.6. The van der Waals surface area contributed by atoms with Gasteiger partial charge in [0.1, 0.15) is 16.9 Å². The van der Waals surface area contributed by atoms with Crippen molar-refractivity contribution in [3.05, 3.63) is 47.4 Å². The van der Waals surface area contributed by atoms with Crippen molar-refractivity contribution in [2.75, 3.05) is 6.61 Å². The molecule has 4 nitrogen and oxygen atoms in total. The van der Waals surface area contributed by atoms with E-state index in [1.807, 2.05) is 30.3 Å². The fourth-order valence-corrected chi connectivity index (χ4v) is 2.63. The molecule has 0 radical (unpaired) electrons. The second-order valence-corrected chi connectivity index (χ2v) is 5.73. The van der Waals surface area contributed by atoms with Crippen molar-refractivity contribution in [1.82, 2.24) is 0 Å². The van der Waals surface area contributed by atoms with Gasteiger partial charge >= 0.3 is 5.69 Å². The van der Waals surface area contributed by atoms with Crippen molar-refractivity contribution in [1.29, 1.82) is 5.39 Å². The third-order valence-corrected chi connectivity index (χ3v) is 3.63. The van der Waals surface area contributed by atoms with Crippen LogP contribution >= 0.6 is 0 Å². The van der Waals surface area contributed by atoms with Crippen LogP contribution in [0.3, 0.4) is 0 Å². The van der Waals surface area contributed by atoms with Gasteiger partial charge in [0.15, 0.2) is 4.98 Å². The van der Waals surface area contributed by atoms with Crippen LogP contribution in [0.25, 0.3) is 26.5 Å². The zero-order valence-corrected chi connectivity index (χ0v) is 12.6. The minimum atomic E-state index is 0.174. The summed E-state index contributed by atoms with van der Waals surface area (Å²) in [7, 11) is 0. The molecular weight excluding hydrogens is 276 g/mol. The number of benzene rings is 3. The zero-order valence-electron chi connectivity index (χ0n) is 12.6. The van der Waals surface area contributed by atoms with Gasteiger partial charge in [-0.15, -0.1) is 0 Å². The van der Waals surface area contributed by atoms with Gasteiger partial charge in [-0.2, -0.15) is 0 Å². The molecular formula is C18H17N2O2+. The third-order valence-electron chi connectivity index (χ3n) is 3.63. The maximum atomic E-state index is 10.6. The van der Waals surface area contributed by atoms with Crippen LogP contribution in [-0.4, -0.2) is 11.7 Å². The Bertz CT molecular complexity index is 895. The molecule has 3 aromatic carbocycles.